The van der Waals surface area contributed by atoms with Crippen molar-refractivity contribution in [2.75, 3.05) is 0 Å². The second kappa shape index (κ2) is 11.3. The van der Waals surface area contributed by atoms with Crippen LogP contribution in [0.5, 0.6) is 0 Å². The molecule has 2 aromatic heterocycles. The van der Waals surface area contributed by atoms with Crippen molar-refractivity contribution in [3.63, 3.8) is 0 Å². The van der Waals surface area contributed by atoms with Crippen LogP contribution in [-0.4, -0.2) is 9.13 Å². The predicted octanol–water partition coefficient (Wildman–Crippen LogP) is 13.5. The normalized spacial score (nSPS) is 11.8. The summed E-state index contributed by atoms with van der Waals surface area (Å²) in [6.45, 7) is 0. The molecular weight excluding hydrogens is 629 g/mol. The molecule has 0 amide bonds. The van der Waals surface area contributed by atoms with E-state index >= 15 is 0 Å². The van der Waals surface area contributed by atoms with E-state index in [-0.39, 0.29) is 0 Å². The molecule has 0 saturated heterocycles. The third-order valence-electron chi connectivity index (χ3n) is 10.9. The Labute approximate surface area is 301 Å². The number of aromatic nitrogens is 2. The summed E-state index contributed by atoms with van der Waals surface area (Å²) in [6.07, 6.45) is 0. The molecule has 52 heavy (non-hydrogen) atoms. The van der Waals surface area contributed by atoms with Crippen molar-refractivity contribution in [2.24, 2.45) is 0 Å². The zero-order valence-electron chi connectivity index (χ0n) is 28.4. The van der Waals surface area contributed by atoms with Gasteiger partial charge in [0.15, 0.2) is 0 Å². The fourth-order valence-corrected chi connectivity index (χ4v) is 8.44. The van der Waals surface area contributed by atoms with Crippen LogP contribution in [0.15, 0.2) is 194 Å². The van der Waals surface area contributed by atoms with Gasteiger partial charge in [-0.3, -0.25) is 0 Å². The van der Waals surface area contributed by atoms with E-state index in [1.807, 2.05) is 0 Å². The Morgan fingerprint density at radius 1 is 0.231 bits per heavy atom. The molecule has 0 fully saturated rings. The Hall–Kier alpha value is -6.90. The SMILES string of the molecule is c1ccc(-c2ccc3c4cc(-c5ccc6c(c5)c5ccccc5n6-c5ccc6c(ccc7ccccc76)c5)ccc4n(-c4ccccc4)c3c2)cc1. The largest absolute Gasteiger partial charge is 0.309 e. The molecule has 9 aromatic carbocycles. The monoisotopic (exact) mass is 660 g/mol. The van der Waals surface area contributed by atoms with Crippen LogP contribution in [0.25, 0.3) is 98.8 Å². The lowest BCUT2D eigenvalue weighted by Gasteiger charge is -2.11. The molecule has 0 radical (unpaired) electrons. The van der Waals surface area contributed by atoms with Crippen molar-refractivity contribution in [1.82, 2.24) is 9.13 Å². The van der Waals surface area contributed by atoms with Gasteiger partial charge in [-0.05, 0) is 104 Å². The lowest BCUT2D eigenvalue weighted by atomic mass is 9.99. The lowest BCUT2D eigenvalue weighted by molar-refractivity contribution is 1.18. The third-order valence-corrected chi connectivity index (χ3v) is 10.9. The maximum absolute atomic E-state index is 2.42. The number of hydrogen-bond donors (Lipinski definition) is 0. The first kappa shape index (κ1) is 28.9. The molecule has 0 N–H and O–H groups in total. The molecule has 0 spiro atoms. The van der Waals surface area contributed by atoms with E-state index in [4.69, 9.17) is 0 Å². The van der Waals surface area contributed by atoms with Crippen LogP contribution in [0.1, 0.15) is 0 Å². The second-order valence-electron chi connectivity index (χ2n) is 13.8. The molecule has 242 valence electrons. The first-order valence-electron chi connectivity index (χ1n) is 17.9. The minimum absolute atomic E-state index is 1.16. The van der Waals surface area contributed by atoms with Crippen LogP contribution in [-0.2, 0) is 0 Å². The summed E-state index contributed by atoms with van der Waals surface area (Å²) in [5.74, 6) is 0. The molecule has 0 aliphatic heterocycles. The Bertz CT molecular complexity index is 3160. The van der Waals surface area contributed by atoms with Gasteiger partial charge in [-0.1, -0.05) is 133 Å². The Morgan fingerprint density at radius 2 is 0.750 bits per heavy atom. The topological polar surface area (TPSA) is 9.86 Å². The number of para-hydroxylation sites is 2. The zero-order chi connectivity index (χ0) is 34.2. The second-order valence-corrected chi connectivity index (χ2v) is 13.8. The van der Waals surface area contributed by atoms with E-state index in [0.29, 0.717) is 0 Å². The minimum atomic E-state index is 1.16. The molecular formula is C50H32N2. The van der Waals surface area contributed by atoms with Gasteiger partial charge < -0.3 is 9.13 Å². The van der Waals surface area contributed by atoms with Crippen molar-refractivity contribution < 1.29 is 0 Å². The van der Waals surface area contributed by atoms with E-state index in [1.165, 1.54) is 93.1 Å². The van der Waals surface area contributed by atoms with E-state index in [1.54, 1.807) is 0 Å². The first-order valence-corrected chi connectivity index (χ1v) is 17.9. The van der Waals surface area contributed by atoms with Gasteiger partial charge in [0.05, 0.1) is 22.1 Å². The van der Waals surface area contributed by atoms with Crippen molar-refractivity contribution in [3.8, 4) is 33.6 Å². The Kier molecular flexibility index (Phi) is 6.28. The number of benzene rings is 9. The summed E-state index contributed by atoms with van der Waals surface area (Å²) < 4.78 is 4.83. The summed E-state index contributed by atoms with van der Waals surface area (Å²) >= 11 is 0. The van der Waals surface area contributed by atoms with E-state index in [9.17, 15) is 0 Å². The van der Waals surface area contributed by atoms with Crippen LogP contribution in [0.2, 0.25) is 0 Å². The summed E-state index contributed by atoms with van der Waals surface area (Å²) in [7, 11) is 0. The summed E-state index contributed by atoms with van der Waals surface area (Å²) in [4.78, 5) is 0. The highest BCUT2D eigenvalue weighted by Crippen LogP contribution is 2.40. The van der Waals surface area contributed by atoms with Gasteiger partial charge in [-0.25, -0.2) is 0 Å². The summed E-state index contributed by atoms with van der Waals surface area (Å²) in [5.41, 5.74) is 12.0. The van der Waals surface area contributed by atoms with Crippen LogP contribution >= 0.6 is 0 Å². The molecule has 0 saturated carbocycles. The van der Waals surface area contributed by atoms with Crippen LogP contribution in [0, 0.1) is 0 Å². The molecule has 11 rings (SSSR count). The van der Waals surface area contributed by atoms with E-state index in [0.717, 1.165) is 5.69 Å². The zero-order valence-corrected chi connectivity index (χ0v) is 28.4. The molecule has 2 nitrogen and oxygen atoms in total. The van der Waals surface area contributed by atoms with Gasteiger partial charge in [0.25, 0.3) is 0 Å². The van der Waals surface area contributed by atoms with Gasteiger partial charge in [0.1, 0.15) is 0 Å². The number of hydrogen-bond acceptors (Lipinski definition) is 0. The number of fused-ring (bicyclic) bond motifs is 9. The number of nitrogens with zero attached hydrogens (tertiary/aromatic N) is 2. The highest BCUT2D eigenvalue weighted by Gasteiger charge is 2.17. The molecule has 2 heterocycles. The molecule has 0 unspecified atom stereocenters. The highest BCUT2D eigenvalue weighted by molar-refractivity contribution is 6.14. The van der Waals surface area contributed by atoms with Gasteiger partial charge in [0.2, 0.25) is 0 Å². The van der Waals surface area contributed by atoms with Gasteiger partial charge in [-0.2, -0.15) is 0 Å². The Morgan fingerprint density at radius 3 is 1.52 bits per heavy atom. The average molecular weight is 661 g/mol. The average Bonchev–Trinajstić information content (AvgIpc) is 3.73. The highest BCUT2D eigenvalue weighted by atomic mass is 15.0. The molecule has 0 bridgehead atoms. The van der Waals surface area contributed by atoms with Crippen molar-refractivity contribution in [1.29, 1.82) is 0 Å². The third kappa shape index (κ3) is 4.38. The molecule has 0 atom stereocenters. The van der Waals surface area contributed by atoms with Crippen LogP contribution in [0.4, 0.5) is 0 Å². The van der Waals surface area contributed by atoms with Crippen molar-refractivity contribution in [3.05, 3.63) is 194 Å². The predicted molar refractivity (Wildman–Crippen MR) is 221 cm³/mol. The summed E-state index contributed by atoms with van der Waals surface area (Å²) in [6, 6.07) is 71.0. The van der Waals surface area contributed by atoms with Crippen molar-refractivity contribution >= 4 is 65.2 Å². The van der Waals surface area contributed by atoms with Crippen molar-refractivity contribution in [2.45, 2.75) is 0 Å². The van der Waals surface area contributed by atoms with Crippen LogP contribution in [0.3, 0.4) is 0 Å². The number of rotatable bonds is 4. The van der Waals surface area contributed by atoms with Gasteiger partial charge >= 0.3 is 0 Å². The quantitative estimate of drug-likeness (QED) is 0.166. The van der Waals surface area contributed by atoms with Crippen LogP contribution < -0.4 is 0 Å². The molecule has 2 heteroatoms. The maximum atomic E-state index is 2.42. The van der Waals surface area contributed by atoms with Gasteiger partial charge in [-0.15, -0.1) is 0 Å². The fraction of sp³-hybridized carbons (Fsp3) is 0. The molecule has 0 aliphatic carbocycles. The first-order chi connectivity index (χ1) is 25.8. The maximum Gasteiger partial charge on any atom is 0.0547 e. The smallest absolute Gasteiger partial charge is 0.0547 e. The lowest BCUT2D eigenvalue weighted by Crippen LogP contribution is -1.94. The minimum Gasteiger partial charge on any atom is -0.309 e. The van der Waals surface area contributed by atoms with Gasteiger partial charge in [0, 0.05) is 32.9 Å². The van der Waals surface area contributed by atoms with E-state index in [2.05, 4.69) is 203 Å². The molecule has 11 aromatic rings. The van der Waals surface area contributed by atoms with E-state index < -0.39 is 0 Å². The standard InChI is InChI=1S/C50H32N2/c1-3-11-33(12-4-1)37-21-25-44-46-31-36(22-27-48(46)51(50(44)32-37)39-14-5-2-6-15-39)35-23-28-49-45(30-35)43-17-9-10-18-47(43)52(49)40-24-26-42-38(29-40)20-19-34-13-7-8-16-41(34)42/h1-32H. The molecule has 0 aliphatic rings. The Balaban J connectivity index is 1.09. The fourth-order valence-electron chi connectivity index (χ4n) is 8.44. The summed E-state index contributed by atoms with van der Waals surface area (Å²) in [5, 5.41) is 10.1.